The lowest BCUT2D eigenvalue weighted by Gasteiger charge is -2.09. The summed E-state index contributed by atoms with van der Waals surface area (Å²) in [6.45, 7) is 3.06. The molecule has 0 amide bonds. The van der Waals surface area contributed by atoms with Crippen molar-refractivity contribution in [3.63, 3.8) is 0 Å². The van der Waals surface area contributed by atoms with Crippen molar-refractivity contribution in [2.45, 2.75) is 13.3 Å². The Hall–Kier alpha value is -0.850. The molecule has 1 aromatic carbocycles. The monoisotopic (exact) mass is 294 g/mol. The van der Waals surface area contributed by atoms with E-state index in [0.29, 0.717) is 6.54 Å². The fourth-order valence-electron chi connectivity index (χ4n) is 1.31. The average molecular weight is 295 g/mol. The number of benzene rings is 1. The molecule has 0 aliphatic rings. The summed E-state index contributed by atoms with van der Waals surface area (Å²) in [6, 6.07) is 4.17. The third-order valence-corrected chi connectivity index (χ3v) is 3.76. The quantitative estimate of drug-likeness (QED) is 0.758. The summed E-state index contributed by atoms with van der Waals surface area (Å²) in [5.41, 5.74) is -0.127. The normalized spacial score (nSPS) is 11.5. The lowest BCUT2D eigenvalue weighted by Crippen LogP contribution is -2.27. The molecule has 2 N–H and O–H groups in total. The molecule has 0 saturated carbocycles. The lowest BCUT2D eigenvalue weighted by molar-refractivity contribution is 0.593. The number of sulfonamides is 1. The van der Waals surface area contributed by atoms with Gasteiger partial charge in [-0.2, -0.15) is 0 Å². The number of nitrogens with one attached hydrogen (secondary N) is 2. The maximum absolute atomic E-state index is 13.5. The Morgan fingerprint density at radius 2 is 2.06 bits per heavy atom. The molecule has 1 aromatic rings. The second kappa shape index (κ2) is 6.92. The highest BCUT2D eigenvalue weighted by Gasteiger charge is 2.14. The summed E-state index contributed by atoms with van der Waals surface area (Å²) in [5, 5.41) is 2.85. The number of rotatable bonds is 7. The van der Waals surface area contributed by atoms with Gasteiger partial charge in [0, 0.05) is 6.54 Å². The third kappa shape index (κ3) is 4.80. The molecule has 0 unspecified atom stereocenters. The minimum absolute atomic E-state index is 0.112. The molecule has 0 aliphatic heterocycles. The summed E-state index contributed by atoms with van der Waals surface area (Å²) in [7, 11) is -3.57. The van der Waals surface area contributed by atoms with E-state index >= 15 is 0 Å². The summed E-state index contributed by atoms with van der Waals surface area (Å²) < 4.78 is 39.0. The molecular formula is C11H16ClFN2O2S. The fraction of sp³-hybridized carbons (Fsp3) is 0.455. The van der Waals surface area contributed by atoms with Crippen LogP contribution in [0.15, 0.2) is 18.2 Å². The van der Waals surface area contributed by atoms with Gasteiger partial charge in [0.2, 0.25) is 10.0 Å². The van der Waals surface area contributed by atoms with Crippen LogP contribution in [0.2, 0.25) is 5.02 Å². The zero-order valence-electron chi connectivity index (χ0n) is 10.0. The van der Waals surface area contributed by atoms with Crippen LogP contribution < -0.4 is 10.0 Å². The second-order valence-electron chi connectivity index (χ2n) is 3.77. The van der Waals surface area contributed by atoms with Crippen molar-refractivity contribution < 1.29 is 12.8 Å². The maximum Gasteiger partial charge on any atom is 0.234 e. The minimum atomic E-state index is -3.57. The highest BCUT2D eigenvalue weighted by atomic mass is 35.5. The molecule has 0 aliphatic carbocycles. The van der Waals surface area contributed by atoms with Crippen molar-refractivity contribution >= 4 is 27.3 Å². The Bertz CT molecular complexity index is 494. The average Bonchev–Trinajstić information content (AvgIpc) is 2.31. The Morgan fingerprint density at radius 1 is 1.33 bits per heavy atom. The Balaban J connectivity index is 2.62. The van der Waals surface area contributed by atoms with E-state index in [0.717, 1.165) is 13.0 Å². The molecule has 0 aromatic heterocycles. The van der Waals surface area contributed by atoms with Crippen LogP contribution >= 0.6 is 11.6 Å². The predicted molar refractivity (Wildman–Crippen MR) is 72.0 cm³/mol. The molecule has 0 atom stereocenters. The number of anilines is 1. The highest BCUT2D eigenvalue weighted by molar-refractivity contribution is 7.92. The van der Waals surface area contributed by atoms with E-state index in [-0.39, 0.29) is 16.5 Å². The molecule has 18 heavy (non-hydrogen) atoms. The van der Waals surface area contributed by atoms with Gasteiger partial charge in [0.1, 0.15) is 0 Å². The van der Waals surface area contributed by atoms with Crippen LogP contribution in [0.25, 0.3) is 0 Å². The summed E-state index contributed by atoms with van der Waals surface area (Å²) in [6.07, 6.45) is 0.927. The molecule has 1 rings (SSSR count). The standard InChI is InChI=1S/C11H16ClFN2O2S/c1-2-6-14-7-8-18(16,17)15-10-5-3-4-9(12)11(10)13/h3-5,14-15H,2,6-8H2,1H3. The van der Waals surface area contributed by atoms with Gasteiger partial charge >= 0.3 is 0 Å². The number of halogens is 2. The van der Waals surface area contributed by atoms with Gasteiger partial charge in [-0.05, 0) is 25.1 Å². The second-order valence-corrected chi connectivity index (χ2v) is 6.02. The van der Waals surface area contributed by atoms with Crippen LogP contribution in [0.3, 0.4) is 0 Å². The largest absolute Gasteiger partial charge is 0.316 e. The van der Waals surface area contributed by atoms with Crippen molar-refractivity contribution in [2.75, 3.05) is 23.6 Å². The van der Waals surface area contributed by atoms with Crippen molar-refractivity contribution in [3.8, 4) is 0 Å². The van der Waals surface area contributed by atoms with E-state index in [9.17, 15) is 12.8 Å². The first-order valence-corrected chi connectivity index (χ1v) is 7.64. The van der Waals surface area contributed by atoms with Crippen LogP contribution in [0.4, 0.5) is 10.1 Å². The van der Waals surface area contributed by atoms with Crippen molar-refractivity contribution in [2.24, 2.45) is 0 Å². The molecular weight excluding hydrogens is 279 g/mol. The Labute approximate surface area is 112 Å². The van der Waals surface area contributed by atoms with Gasteiger partial charge in [-0.15, -0.1) is 0 Å². The topological polar surface area (TPSA) is 58.2 Å². The van der Waals surface area contributed by atoms with Crippen LogP contribution in [0, 0.1) is 5.82 Å². The number of hydrogen-bond acceptors (Lipinski definition) is 3. The first-order chi connectivity index (χ1) is 8.46. The molecule has 4 nitrogen and oxygen atoms in total. The van der Waals surface area contributed by atoms with Gasteiger partial charge in [-0.25, -0.2) is 12.8 Å². The smallest absolute Gasteiger partial charge is 0.234 e. The van der Waals surface area contributed by atoms with Crippen LogP contribution in [0.5, 0.6) is 0 Å². The van der Waals surface area contributed by atoms with Crippen LogP contribution in [-0.4, -0.2) is 27.3 Å². The summed E-state index contributed by atoms with van der Waals surface area (Å²) in [5.74, 6) is -0.872. The Morgan fingerprint density at radius 3 is 2.72 bits per heavy atom. The third-order valence-electron chi connectivity index (χ3n) is 2.19. The van der Waals surface area contributed by atoms with E-state index < -0.39 is 15.8 Å². The fourth-order valence-corrected chi connectivity index (χ4v) is 2.49. The van der Waals surface area contributed by atoms with Gasteiger partial charge in [0.05, 0.1) is 16.5 Å². The van der Waals surface area contributed by atoms with Gasteiger partial charge in [0.25, 0.3) is 0 Å². The molecule has 102 valence electrons. The SMILES string of the molecule is CCCNCCS(=O)(=O)Nc1cccc(Cl)c1F. The molecule has 7 heteroatoms. The van der Waals surface area contributed by atoms with E-state index in [4.69, 9.17) is 11.6 Å². The zero-order chi connectivity index (χ0) is 13.6. The van der Waals surface area contributed by atoms with Gasteiger partial charge in [-0.1, -0.05) is 24.6 Å². The molecule has 0 radical (unpaired) electrons. The van der Waals surface area contributed by atoms with Gasteiger partial charge in [0.15, 0.2) is 5.82 Å². The van der Waals surface area contributed by atoms with Crippen LogP contribution in [-0.2, 0) is 10.0 Å². The van der Waals surface area contributed by atoms with Crippen molar-refractivity contribution in [1.29, 1.82) is 0 Å². The number of hydrogen-bond donors (Lipinski definition) is 2. The van der Waals surface area contributed by atoms with E-state index in [1.54, 1.807) is 0 Å². The molecule has 0 bridgehead atoms. The molecule has 0 spiro atoms. The summed E-state index contributed by atoms with van der Waals surface area (Å²) in [4.78, 5) is 0. The van der Waals surface area contributed by atoms with Gasteiger partial charge in [-0.3, -0.25) is 4.72 Å². The molecule has 0 saturated heterocycles. The van der Waals surface area contributed by atoms with Gasteiger partial charge < -0.3 is 5.32 Å². The van der Waals surface area contributed by atoms with E-state index in [1.807, 2.05) is 6.92 Å². The minimum Gasteiger partial charge on any atom is -0.316 e. The lowest BCUT2D eigenvalue weighted by atomic mass is 10.3. The van der Waals surface area contributed by atoms with Crippen molar-refractivity contribution in [1.82, 2.24) is 5.32 Å². The Kier molecular flexibility index (Phi) is 5.84. The molecule has 0 heterocycles. The first kappa shape index (κ1) is 15.2. The predicted octanol–water partition coefficient (Wildman–Crippen LogP) is 2.22. The van der Waals surface area contributed by atoms with E-state index in [2.05, 4.69) is 10.0 Å². The van der Waals surface area contributed by atoms with Crippen molar-refractivity contribution in [3.05, 3.63) is 29.0 Å². The first-order valence-electron chi connectivity index (χ1n) is 5.61. The molecule has 0 fully saturated rings. The van der Waals surface area contributed by atoms with E-state index in [1.165, 1.54) is 18.2 Å². The zero-order valence-corrected chi connectivity index (χ0v) is 11.6. The summed E-state index contributed by atoms with van der Waals surface area (Å²) >= 11 is 5.57. The van der Waals surface area contributed by atoms with Crippen LogP contribution in [0.1, 0.15) is 13.3 Å². The maximum atomic E-state index is 13.5. The highest BCUT2D eigenvalue weighted by Crippen LogP contribution is 2.22.